The number of hydrogen-bond acceptors (Lipinski definition) is 3. The highest BCUT2D eigenvalue weighted by Crippen LogP contribution is 2.44. The van der Waals surface area contributed by atoms with E-state index < -0.39 is 5.41 Å². The van der Waals surface area contributed by atoms with Gasteiger partial charge in [-0.2, -0.15) is 0 Å². The molecule has 2 aliphatic rings. The predicted octanol–water partition coefficient (Wildman–Crippen LogP) is 1.74. The lowest BCUT2D eigenvalue weighted by Gasteiger charge is -2.22. The first kappa shape index (κ1) is 12.0. The standard InChI is InChI=1S/C14H16N2O3/c1-2-19-13(18)16-8-7-14(9-16)10-5-3-4-6-11(10)15-12(14)17/h3-6H,2,7-9H2,1H3,(H,15,17). The number of nitrogens with zero attached hydrogens (tertiary/aromatic N) is 1. The number of para-hydroxylation sites is 1. The molecule has 0 radical (unpaired) electrons. The van der Waals surface area contributed by atoms with Crippen molar-refractivity contribution in [3.05, 3.63) is 29.8 Å². The van der Waals surface area contributed by atoms with E-state index in [2.05, 4.69) is 5.32 Å². The number of likely N-dealkylation sites (tertiary alicyclic amines) is 1. The molecule has 100 valence electrons. The zero-order valence-corrected chi connectivity index (χ0v) is 10.8. The van der Waals surface area contributed by atoms with Crippen molar-refractivity contribution < 1.29 is 14.3 Å². The molecule has 2 heterocycles. The summed E-state index contributed by atoms with van der Waals surface area (Å²) in [6, 6.07) is 7.68. The van der Waals surface area contributed by atoms with Crippen molar-refractivity contribution in [2.45, 2.75) is 18.8 Å². The lowest BCUT2D eigenvalue weighted by Crippen LogP contribution is -2.39. The van der Waals surface area contributed by atoms with Crippen LogP contribution < -0.4 is 5.32 Å². The predicted molar refractivity (Wildman–Crippen MR) is 70.0 cm³/mol. The fourth-order valence-electron chi connectivity index (χ4n) is 2.96. The Morgan fingerprint density at radius 1 is 1.47 bits per heavy atom. The van der Waals surface area contributed by atoms with Gasteiger partial charge < -0.3 is 15.0 Å². The molecule has 0 saturated carbocycles. The van der Waals surface area contributed by atoms with Crippen molar-refractivity contribution in [3.8, 4) is 0 Å². The van der Waals surface area contributed by atoms with Crippen LogP contribution in [0.3, 0.4) is 0 Å². The van der Waals surface area contributed by atoms with Gasteiger partial charge in [-0.3, -0.25) is 4.79 Å². The summed E-state index contributed by atoms with van der Waals surface area (Å²) < 4.78 is 5.01. The Kier molecular flexibility index (Phi) is 2.69. The minimum Gasteiger partial charge on any atom is -0.450 e. The SMILES string of the molecule is CCOC(=O)N1CCC2(C1)C(=O)Nc1ccccc12. The molecule has 3 rings (SSSR count). The van der Waals surface area contributed by atoms with Crippen LogP contribution in [0.4, 0.5) is 10.5 Å². The van der Waals surface area contributed by atoms with Gasteiger partial charge in [-0.15, -0.1) is 0 Å². The molecular weight excluding hydrogens is 244 g/mol. The molecule has 5 nitrogen and oxygen atoms in total. The third-order valence-corrected chi connectivity index (χ3v) is 3.92. The van der Waals surface area contributed by atoms with E-state index in [1.54, 1.807) is 11.8 Å². The highest BCUT2D eigenvalue weighted by molar-refractivity contribution is 6.07. The van der Waals surface area contributed by atoms with E-state index in [0.717, 1.165) is 11.3 Å². The second-order valence-corrected chi connectivity index (χ2v) is 4.95. The van der Waals surface area contributed by atoms with Gasteiger partial charge in [0.25, 0.3) is 0 Å². The zero-order valence-electron chi connectivity index (χ0n) is 10.8. The summed E-state index contributed by atoms with van der Waals surface area (Å²) in [7, 11) is 0. The summed E-state index contributed by atoms with van der Waals surface area (Å²) >= 11 is 0. The van der Waals surface area contributed by atoms with Gasteiger partial charge in [-0.1, -0.05) is 18.2 Å². The first-order valence-corrected chi connectivity index (χ1v) is 6.50. The summed E-state index contributed by atoms with van der Waals surface area (Å²) in [6.07, 6.45) is 0.311. The van der Waals surface area contributed by atoms with E-state index in [4.69, 9.17) is 4.74 Å². The number of amides is 2. The monoisotopic (exact) mass is 260 g/mol. The largest absolute Gasteiger partial charge is 0.450 e. The molecule has 1 saturated heterocycles. The molecule has 1 aromatic rings. The summed E-state index contributed by atoms with van der Waals surface area (Å²) in [4.78, 5) is 25.7. The Balaban J connectivity index is 1.90. The van der Waals surface area contributed by atoms with E-state index in [1.807, 2.05) is 24.3 Å². The van der Waals surface area contributed by atoms with Crippen LogP contribution in [0.2, 0.25) is 0 Å². The number of benzene rings is 1. The van der Waals surface area contributed by atoms with Crippen LogP contribution in [0.1, 0.15) is 18.9 Å². The van der Waals surface area contributed by atoms with Crippen LogP contribution in [0.15, 0.2) is 24.3 Å². The topological polar surface area (TPSA) is 58.6 Å². The fraction of sp³-hybridized carbons (Fsp3) is 0.429. The number of ether oxygens (including phenoxy) is 1. The molecule has 1 spiro atoms. The van der Waals surface area contributed by atoms with Crippen LogP contribution >= 0.6 is 0 Å². The Morgan fingerprint density at radius 2 is 2.26 bits per heavy atom. The number of carbonyl (C=O) groups is 2. The third kappa shape index (κ3) is 1.69. The van der Waals surface area contributed by atoms with Gasteiger partial charge >= 0.3 is 6.09 Å². The van der Waals surface area contributed by atoms with Crippen LogP contribution in [0, 0.1) is 0 Å². The number of anilines is 1. The second-order valence-electron chi connectivity index (χ2n) is 4.95. The highest BCUT2D eigenvalue weighted by atomic mass is 16.6. The Bertz CT molecular complexity index is 543. The molecule has 0 aliphatic carbocycles. The lowest BCUT2D eigenvalue weighted by atomic mass is 9.81. The van der Waals surface area contributed by atoms with Gasteiger partial charge in [0.05, 0.1) is 12.0 Å². The molecule has 1 aromatic carbocycles. The van der Waals surface area contributed by atoms with Crippen molar-refractivity contribution in [2.75, 3.05) is 25.0 Å². The maximum absolute atomic E-state index is 12.3. The molecule has 1 unspecified atom stereocenters. The molecule has 19 heavy (non-hydrogen) atoms. The van der Waals surface area contributed by atoms with Crippen molar-refractivity contribution >= 4 is 17.7 Å². The second kappa shape index (κ2) is 4.26. The van der Waals surface area contributed by atoms with E-state index in [1.165, 1.54) is 0 Å². The van der Waals surface area contributed by atoms with E-state index in [0.29, 0.717) is 26.1 Å². The molecule has 1 fully saturated rings. The number of fused-ring (bicyclic) bond motifs is 2. The van der Waals surface area contributed by atoms with E-state index >= 15 is 0 Å². The molecule has 0 bridgehead atoms. The molecule has 1 N–H and O–H groups in total. The van der Waals surface area contributed by atoms with Gasteiger partial charge in [0.2, 0.25) is 5.91 Å². The van der Waals surface area contributed by atoms with E-state index in [9.17, 15) is 9.59 Å². The lowest BCUT2D eigenvalue weighted by molar-refractivity contribution is -0.120. The maximum Gasteiger partial charge on any atom is 0.409 e. The number of hydrogen-bond donors (Lipinski definition) is 1. The highest BCUT2D eigenvalue weighted by Gasteiger charge is 2.52. The fourth-order valence-corrected chi connectivity index (χ4v) is 2.96. The number of rotatable bonds is 1. The minimum atomic E-state index is -0.594. The minimum absolute atomic E-state index is 0.0134. The molecule has 0 aromatic heterocycles. The van der Waals surface area contributed by atoms with Gasteiger partial charge in [0, 0.05) is 18.8 Å². The van der Waals surface area contributed by atoms with Crippen molar-refractivity contribution in [3.63, 3.8) is 0 Å². The summed E-state index contributed by atoms with van der Waals surface area (Å²) in [5, 5.41) is 2.90. The third-order valence-electron chi connectivity index (χ3n) is 3.92. The zero-order chi connectivity index (χ0) is 13.5. The molecular formula is C14H16N2O3. The van der Waals surface area contributed by atoms with Crippen LogP contribution in [-0.4, -0.2) is 36.6 Å². The average molecular weight is 260 g/mol. The van der Waals surface area contributed by atoms with Crippen molar-refractivity contribution in [1.29, 1.82) is 0 Å². The first-order valence-electron chi connectivity index (χ1n) is 6.50. The molecule has 5 heteroatoms. The van der Waals surface area contributed by atoms with Gasteiger partial charge in [-0.05, 0) is 25.0 Å². The summed E-state index contributed by atoms with van der Waals surface area (Å²) in [6.45, 7) is 3.09. The number of nitrogens with one attached hydrogen (secondary N) is 1. The molecule has 2 aliphatic heterocycles. The first-order chi connectivity index (χ1) is 9.17. The average Bonchev–Trinajstić information content (AvgIpc) is 2.96. The molecule has 2 amide bonds. The van der Waals surface area contributed by atoms with Crippen molar-refractivity contribution in [1.82, 2.24) is 4.90 Å². The van der Waals surface area contributed by atoms with E-state index in [-0.39, 0.29) is 12.0 Å². The van der Waals surface area contributed by atoms with Gasteiger partial charge in [0.1, 0.15) is 0 Å². The summed E-state index contributed by atoms with van der Waals surface area (Å²) in [5.74, 6) is -0.0134. The van der Waals surface area contributed by atoms with Crippen LogP contribution in [0.5, 0.6) is 0 Å². The maximum atomic E-state index is 12.3. The summed E-state index contributed by atoms with van der Waals surface area (Å²) in [5.41, 5.74) is 1.26. The normalized spacial score (nSPS) is 24.5. The Hall–Kier alpha value is -2.04. The van der Waals surface area contributed by atoms with Crippen LogP contribution in [0.25, 0.3) is 0 Å². The Morgan fingerprint density at radius 3 is 3.05 bits per heavy atom. The smallest absolute Gasteiger partial charge is 0.409 e. The molecule has 1 atom stereocenters. The quantitative estimate of drug-likeness (QED) is 0.836. The number of carbonyl (C=O) groups excluding carboxylic acids is 2. The van der Waals surface area contributed by atoms with Gasteiger partial charge in [-0.25, -0.2) is 4.79 Å². The van der Waals surface area contributed by atoms with Crippen molar-refractivity contribution in [2.24, 2.45) is 0 Å². The van der Waals surface area contributed by atoms with Crippen LogP contribution in [-0.2, 0) is 14.9 Å². The Labute approximate surface area is 111 Å². The van der Waals surface area contributed by atoms with Gasteiger partial charge in [0.15, 0.2) is 0 Å².